The van der Waals surface area contributed by atoms with Crippen molar-refractivity contribution < 1.29 is 9.08 Å². The molecule has 14 heavy (non-hydrogen) atoms. The third-order valence-corrected chi connectivity index (χ3v) is 2.42. The van der Waals surface area contributed by atoms with E-state index in [9.17, 15) is 4.79 Å². The topological polar surface area (TPSA) is 26.3 Å². The summed E-state index contributed by atoms with van der Waals surface area (Å²) in [5.74, 6) is -0.440. The van der Waals surface area contributed by atoms with Crippen molar-refractivity contribution in [2.45, 2.75) is 45.4 Å². The maximum atomic E-state index is 11.2. The standard InChI is InChI=1S/C11H19ClO2/c1-3-5-6-7-9-10(8-4-2)11(13)14-12/h4,10H,2-3,5-9H2,1H3. The predicted octanol–water partition coefficient (Wildman–Crippen LogP) is 3.85. The minimum absolute atomic E-state index is 0.109. The van der Waals surface area contributed by atoms with E-state index in [0.29, 0.717) is 6.42 Å². The second-order valence-electron chi connectivity index (χ2n) is 3.47. The van der Waals surface area contributed by atoms with Gasteiger partial charge in [-0.25, -0.2) is 0 Å². The van der Waals surface area contributed by atoms with Crippen molar-refractivity contribution in [2.75, 3.05) is 0 Å². The van der Waals surface area contributed by atoms with Crippen LogP contribution < -0.4 is 0 Å². The van der Waals surface area contributed by atoms with Crippen molar-refractivity contribution in [3.8, 4) is 0 Å². The Morgan fingerprint density at radius 2 is 2.21 bits per heavy atom. The molecule has 0 amide bonds. The van der Waals surface area contributed by atoms with Gasteiger partial charge < -0.3 is 4.29 Å². The van der Waals surface area contributed by atoms with Crippen LogP contribution in [0.3, 0.4) is 0 Å². The first-order valence-electron chi connectivity index (χ1n) is 5.19. The summed E-state index contributed by atoms with van der Waals surface area (Å²) in [7, 11) is 0. The third-order valence-electron chi connectivity index (χ3n) is 2.27. The third kappa shape index (κ3) is 6.03. The number of allylic oxidation sites excluding steroid dienone is 1. The Hall–Kier alpha value is -0.500. The van der Waals surface area contributed by atoms with E-state index in [1.165, 1.54) is 19.3 Å². The molecule has 0 spiro atoms. The van der Waals surface area contributed by atoms with Crippen molar-refractivity contribution >= 4 is 17.8 Å². The Kier molecular flexibility index (Phi) is 8.75. The summed E-state index contributed by atoms with van der Waals surface area (Å²) in [5, 5.41) is 0. The molecule has 0 aliphatic rings. The number of carbonyl (C=O) groups excluding carboxylic acids is 1. The van der Waals surface area contributed by atoms with Crippen LogP contribution in [0, 0.1) is 5.92 Å². The van der Waals surface area contributed by atoms with Crippen LogP contribution in [0.1, 0.15) is 45.4 Å². The molecule has 1 unspecified atom stereocenters. The summed E-state index contributed by atoms with van der Waals surface area (Å²) in [4.78, 5) is 11.2. The lowest BCUT2D eigenvalue weighted by Gasteiger charge is -2.10. The van der Waals surface area contributed by atoms with Crippen LogP contribution in [-0.2, 0) is 9.08 Å². The molecule has 0 aliphatic carbocycles. The van der Waals surface area contributed by atoms with E-state index in [4.69, 9.17) is 11.9 Å². The maximum Gasteiger partial charge on any atom is 0.328 e. The minimum Gasteiger partial charge on any atom is -0.347 e. The molecule has 0 N–H and O–H groups in total. The SMILES string of the molecule is C=CCC(CCCCCC)C(=O)OCl. The van der Waals surface area contributed by atoms with Gasteiger partial charge in [0.05, 0.1) is 5.92 Å². The van der Waals surface area contributed by atoms with E-state index in [1.54, 1.807) is 6.08 Å². The largest absolute Gasteiger partial charge is 0.347 e. The molecule has 0 aliphatic heterocycles. The molecule has 3 heteroatoms. The van der Waals surface area contributed by atoms with Gasteiger partial charge in [0.1, 0.15) is 11.9 Å². The fourth-order valence-electron chi connectivity index (χ4n) is 1.41. The highest BCUT2D eigenvalue weighted by Gasteiger charge is 2.17. The van der Waals surface area contributed by atoms with Crippen LogP contribution in [0.5, 0.6) is 0 Å². The van der Waals surface area contributed by atoms with Crippen molar-refractivity contribution in [1.29, 1.82) is 0 Å². The highest BCUT2D eigenvalue weighted by atomic mass is 35.5. The zero-order valence-corrected chi connectivity index (χ0v) is 9.55. The van der Waals surface area contributed by atoms with E-state index < -0.39 is 0 Å². The van der Waals surface area contributed by atoms with Crippen LogP contribution in [0.25, 0.3) is 0 Å². The van der Waals surface area contributed by atoms with Crippen LogP contribution in [0.2, 0.25) is 0 Å². The van der Waals surface area contributed by atoms with Gasteiger partial charge in [-0.2, -0.15) is 0 Å². The smallest absolute Gasteiger partial charge is 0.328 e. The highest BCUT2D eigenvalue weighted by Crippen LogP contribution is 2.17. The molecule has 0 aromatic heterocycles. The van der Waals surface area contributed by atoms with E-state index in [2.05, 4.69) is 17.8 Å². The Balaban J connectivity index is 3.72. The molecular weight excluding hydrogens is 200 g/mol. The first-order valence-corrected chi connectivity index (χ1v) is 5.50. The van der Waals surface area contributed by atoms with Crippen LogP contribution >= 0.6 is 11.9 Å². The summed E-state index contributed by atoms with van der Waals surface area (Å²) >= 11 is 5.04. The van der Waals surface area contributed by atoms with Gasteiger partial charge in [-0.3, -0.25) is 4.79 Å². The van der Waals surface area contributed by atoms with Gasteiger partial charge in [0, 0.05) is 0 Å². The molecular formula is C11H19ClO2. The zero-order valence-electron chi connectivity index (χ0n) is 8.80. The molecule has 0 aromatic carbocycles. The molecule has 0 rings (SSSR count). The molecule has 0 aromatic rings. The monoisotopic (exact) mass is 218 g/mol. The van der Waals surface area contributed by atoms with Crippen LogP contribution in [0.15, 0.2) is 12.7 Å². The summed E-state index contributed by atoms with van der Waals surface area (Å²) in [6.45, 7) is 5.77. The van der Waals surface area contributed by atoms with Crippen molar-refractivity contribution in [2.24, 2.45) is 5.92 Å². The number of halogens is 1. The Labute approximate surface area is 91.4 Å². The number of carbonyl (C=O) groups is 1. The van der Waals surface area contributed by atoms with Crippen LogP contribution in [-0.4, -0.2) is 5.97 Å². The second-order valence-corrected chi connectivity index (χ2v) is 3.62. The first-order chi connectivity index (χ1) is 6.76. The van der Waals surface area contributed by atoms with E-state index >= 15 is 0 Å². The average Bonchev–Trinajstić information content (AvgIpc) is 2.21. The molecule has 1 atom stereocenters. The summed E-state index contributed by atoms with van der Waals surface area (Å²) in [5.41, 5.74) is 0. The molecule has 0 saturated carbocycles. The normalized spacial score (nSPS) is 12.1. The van der Waals surface area contributed by atoms with Gasteiger partial charge in [0.25, 0.3) is 0 Å². The van der Waals surface area contributed by atoms with Gasteiger partial charge in [-0.05, 0) is 12.8 Å². The number of rotatable bonds is 8. The van der Waals surface area contributed by atoms with E-state index in [-0.39, 0.29) is 11.9 Å². The molecule has 0 radical (unpaired) electrons. The lowest BCUT2D eigenvalue weighted by Crippen LogP contribution is -2.13. The molecule has 2 nitrogen and oxygen atoms in total. The summed E-state index contributed by atoms with van der Waals surface area (Å²) in [6, 6.07) is 0. The Bertz CT molecular complexity index is 169. The van der Waals surface area contributed by atoms with Gasteiger partial charge in [0.2, 0.25) is 0 Å². The summed E-state index contributed by atoms with van der Waals surface area (Å²) < 4.78 is 4.21. The van der Waals surface area contributed by atoms with Gasteiger partial charge >= 0.3 is 5.97 Å². The lowest BCUT2D eigenvalue weighted by molar-refractivity contribution is -0.138. The number of hydrogen-bond acceptors (Lipinski definition) is 2. The molecule has 0 fully saturated rings. The van der Waals surface area contributed by atoms with E-state index in [1.807, 2.05) is 0 Å². The summed E-state index contributed by atoms with van der Waals surface area (Å²) in [6.07, 6.45) is 7.87. The molecule has 0 saturated heterocycles. The highest BCUT2D eigenvalue weighted by molar-refractivity contribution is 6.13. The van der Waals surface area contributed by atoms with Gasteiger partial charge in [0.15, 0.2) is 0 Å². The molecule has 0 bridgehead atoms. The molecule has 82 valence electrons. The van der Waals surface area contributed by atoms with Crippen molar-refractivity contribution in [3.63, 3.8) is 0 Å². The Morgan fingerprint density at radius 1 is 1.50 bits per heavy atom. The number of hydrogen-bond donors (Lipinski definition) is 0. The van der Waals surface area contributed by atoms with Gasteiger partial charge in [-0.15, -0.1) is 6.58 Å². The zero-order chi connectivity index (χ0) is 10.8. The first kappa shape index (κ1) is 13.5. The Morgan fingerprint density at radius 3 is 2.71 bits per heavy atom. The van der Waals surface area contributed by atoms with Crippen molar-refractivity contribution in [1.82, 2.24) is 0 Å². The predicted molar refractivity (Wildman–Crippen MR) is 59.0 cm³/mol. The minimum atomic E-state index is -0.330. The number of unbranched alkanes of at least 4 members (excludes halogenated alkanes) is 3. The fraction of sp³-hybridized carbons (Fsp3) is 0.727. The lowest BCUT2D eigenvalue weighted by atomic mass is 9.98. The van der Waals surface area contributed by atoms with Gasteiger partial charge in [-0.1, -0.05) is 38.7 Å². The molecule has 0 heterocycles. The van der Waals surface area contributed by atoms with Crippen LogP contribution in [0.4, 0.5) is 0 Å². The average molecular weight is 219 g/mol. The maximum absolute atomic E-state index is 11.2. The second kappa shape index (κ2) is 9.07. The van der Waals surface area contributed by atoms with E-state index in [0.717, 1.165) is 12.8 Å². The quantitative estimate of drug-likeness (QED) is 0.457. The van der Waals surface area contributed by atoms with Crippen molar-refractivity contribution in [3.05, 3.63) is 12.7 Å². The fourth-order valence-corrected chi connectivity index (χ4v) is 1.54.